The third-order valence-electron chi connectivity index (χ3n) is 13.9. The Balaban J connectivity index is -0.00000200. The molecule has 1 aliphatic carbocycles. The Labute approximate surface area is 498 Å². The Morgan fingerprint density at radius 1 is 0.407 bits per heavy atom. The lowest BCUT2D eigenvalue weighted by atomic mass is 9.84. The number of aliphatic hydroxyl groups excluding tert-OH is 2. The lowest BCUT2D eigenvalue weighted by Gasteiger charge is -2.47. The molecule has 514 valence electrons. The van der Waals surface area contributed by atoms with Crippen LogP contribution in [0.2, 0.25) is 0 Å². The van der Waals surface area contributed by atoms with E-state index in [1.54, 1.807) is 0 Å². The minimum Gasteiger partial charge on any atom is -0.475 e. The van der Waals surface area contributed by atoms with Crippen LogP contribution in [0.3, 0.4) is 0 Å². The van der Waals surface area contributed by atoms with Gasteiger partial charge >= 0.3 is 48.6 Å². The smallest absolute Gasteiger partial charge is 0.475 e. The van der Waals surface area contributed by atoms with Crippen molar-refractivity contribution in [2.75, 3.05) is 19.8 Å². The van der Waals surface area contributed by atoms with Crippen LogP contribution >= 0.6 is 0 Å². The van der Waals surface area contributed by atoms with Crippen LogP contribution in [0.15, 0.2) is 0 Å². The number of carboxylic acids is 4. The first-order valence-corrected chi connectivity index (χ1v) is 30.2. The molecule has 0 radical (unpaired) electrons. The fourth-order valence-electron chi connectivity index (χ4n) is 9.04. The van der Waals surface area contributed by atoms with Gasteiger partial charge in [-0.25, -0.2) is 19.2 Å². The number of halogens is 12. The third kappa shape index (κ3) is 46.7. The normalized spacial score (nSPS) is 22.4. The lowest BCUT2D eigenvalue weighted by molar-refractivity contribution is -0.294. The molecule has 1 aliphatic heterocycles. The van der Waals surface area contributed by atoms with Crippen molar-refractivity contribution >= 4 is 23.9 Å². The van der Waals surface area contributed by atoms with E-state index in [2.05, 4.69) is 13.8 Å². The zero-order valence-corrected chi connectivity index (χ0v) is 50.0. The largest absolute Gasteiger partial charge is 0.490 e. The van der Waals surface area contributed by atoms with Gasteiger partial charge in [0, 0.05) is 31.8 Å². The van der Waals surface area contributed by atoms with E-state index in [-0.39, 0.29) is 6.54 Å². The van der Waals surface area contributed by atoms with Gasteiger partial charge < -0.3 is 72.5 Å². The Morgan fingerprint density at radius 2 is 0.640 bits per heavy atom. The molecule has 2 fully saturated rings. The second kappa shape index (κ2) is 50.4. The molecule has 86 heavy (non-hydrogen) atoms. The molecular weight excluding hydrogens is 1180 g/mol. The van der Waals surface area contributed by atoms with Crippen molar-refractivity contribution < 1.29 is 121 Å². The molecule has 0 spiro atoms. The fraction of sp³-hybridized carbons (Fsp3) is 0.929. The predicted molar refractivity (Wildman–Crippen MR) is 296 cm³/mol. The third-order valence-corrected chi connectivity index (χ3v) is 13.9. The van der Waals surface area contributed by atoms with Crippen LogP contribution < -0.4 is 22.9 Å². The van der Waals surface area contributed by atoms with E-state index in [4.69, 9.17) is 81.5 Å². The topological polar surface area (TPSA) is 331 Å². The van der Waals surface area contributed by atoms with E-state index in [0.717, 1.165) is 25.7 Å². The summed E-state index contributed by atoms with van der Waals surface area (Å²) in [5, 5.41) is 51.0. The molecule has 0 aromatic rings. The lowest BCUT2D eigenvalue weighted by Crippen LogP contribution is -2.68. The molecule has 30 heteroatoms. The number of nitrogens with two attached hydrogens (primary N) is 4. The van der Waals surface area contributed by atoms with Gasteiger partial charge in [-0.2, -0.15) is 52.7 Å². The van der Waals surface area contributed by atoms with E-state index >= 15 is 0 Å². The summed E-state index contributed by atoms with van der Waals surface area (Å²) in [4.78, 5) is 35.6. The molecule has 2 aliphatic rings. The van der Waals surface area contributed by atoms with Crippen molar-refractivity contribution in [3.63, 3.8) is 0 Å². The zero-order valence-electron chi connectivity index (χ0n) is 50.0. The average Bonchev–Trinajstić information content (AvgIpc) is 3.44. The Kier molecular flexibility index (Phi) is 50.9. The number of carboxylic acid groups (broad SMARTS) is 4. The fourth-order valence-corrected chi connectivity index (χ4v) is 9.04. The number of alkyl halides is 12. The van der Waals surface area contributed by atoms with E-state index in [0.29, 0.717) is 19.6 Å². The molecule has 1 saturated carbocycles. The van der Waals surface area contributed by atoms with E-state index < -0.39 is 110 Å². The molecule has 0 unspecified atom stereocenters. The van der Waals surface area contributed by atoms with Gasteiger partial charge in [0.1, 0.15) is 36.6 Å². The Hall–Kier alpha value is -3.36. The van der Waals surface area contributed by atoms with Gasteiger partial charge in [0.2, 0.25) is 0 Å². The number of aliphatic carboxylic acids is 4. The van der Waals surface area contributed by atoms with E-state index in [9.17, 15) is 62.9 Å². The molecule has 0 aromatic carbocycles. The molecule has 1 saturated heterocycles. The number of rotatable bonds is 39. The van der Waals surface area contributed by atoms with Crippen molar-refractivity contribution in [2.45, 2.75) is 311 Å². The van der Waals surface area contributed by atoms with Crippen LogP contribution in [0, 0.1) is 0 Å². The standard InChI is InChI=1S/C48H98N4O6.4C2HF3O2/c1-3-5-7-9-11-13-15-17-19-21-23-25-27-29-31-33-35-55-45-39(50)37-40(51)46(44(45)54)58-48-42(52)47(43(53)41(38-49)57-48)56-36-34-32-30-28-26-24-22-20-18-16-14-12-10-8-6-4-2;4*3-2(4,5)1(6)7/h39-48,53-54H,3-38,49-52H2,1-2H3;4*(H,6,7)/t39-,40+,41-,42-,43-,44-,45+,46-,47-,48-;;;;/m1..../s1. The number of unbranched alkanes of at least 4 members (excludes halogenated alkanes) is 30. The van der Waals surface area contributed by atoms with Crippen LogP contribution in [0.4, 0.5) is 52.7 Å². The number of hydrogen-bond acceptors (Lipinski definition) is 14. The second-order valence-corrected chi connectivity index (χ2v) is 21.5. The number of carbonyl (C=O) groups is 4. The molecule has 10 atom stereocenters. The average molecular weight is 1280 g/mol. The minimum absolute atomic E-state index is 0.0852. The van der Waals surface area contributed by atoms with Gasteiger partial charge in [-0.15, -0.1) is 0 Å². The molecule has 0 amide bonds. The van der Waals surface area contributed by atoms with Crippen LogP contribution in [-0.4, -0.2) is 160 Å². The highest BCUT2D eigenvalue weighted by Gasteiger charge is 2.49. The van der Waals surface area contributed by atoms with Crippen molar-refractivity contribution in [3.05, 3.63) is 0 Å². The van der Waals surface area contributed by atoms with Gasteiger partial charge in [0.25, 0.3) is 0 Å². The first kappa shape index (κ1) is 86.8. The van der Waals surface area contributed by atoms with Crippen LogP contribution in [0.25, 0.3) is 0 Å². The molecular formula is C56H102F12N4O14. The van der Waals surface area contributed by atoms with Gasteiger partial charge in [-0.3, -0.25) is 0 Å². The van der Waals surface area contributed by atoms with Crippen LogP contribution in [0.1, 0.15) is 226 Å². The maximum absolute atomic E-state index is 11.4. The summed E-state index contributed by atoms with van der Waals surface area (Å²) in [6.45, 7) is 5.67. The quantitative estimate of drug-likeness (QED) is 0.0202. The van der Waals surface area contributed by atoms with Crippen molar-refractivity contribution in [1.29, 1.82) is 0 Å². The van der Waals surface area contributed by atoms with Gasteiger partial charge in [0.15, 0.2) is 6.29 Å². The molecule has 14 N–H and O–H groups in total. The minimum atomic E-state index is -5.08. The molecule has 18 nitrogen and oxygen atoms in total. The first-order chi connectivity index (χ1) is 40.1. The Morgan fingerprint density at radius 3 is 0.884 bits per heavy atom. The van der Waals surface area contributed by atoms with Crippen molar-refractivity contribution in [3.8, 4) is 0 Å². The monoisotopic (exact) mass is 1280 g/mol. The summed E-state index contributed by atoms with van der Waals surface area (Å²) in [5.41, 5.74) is 25.6. The second-order valence-electron chi connectivity index (χ2n) is 21.5. The number of aliphatic hydroxyl groups is 2. The highest BCUT2D eigenvalue weighted by Crippen LogP contribution is 2.30. The molecule has 0 bridgehead atoms. The summed E-state index contributed by atoms with van der Waals surface area (Å²) in [6.07, 6.45) is 16.3. The Bertz CT molecular complexity index is 1600. The molecule has 1 heterocycles. The highest BCUT2D eigenvalue weighted by atomic mass is 19.4. The van der Waals surface area contributed by atoms with Gasteiger partial charge in [0.05, 0.1) is 6.04 Å². The highest BCUT2D eigenvalue weighted by molar-refractivity contribution is 5.74. The molecule has 2 rings (SSSR count). The summed E-state index contributed by atoms with van der Waals surface area (Å²) < 4.78 is 152. The van der Waals surface area contributed by atoms with Gasteiger partial charge in [-0.1, -0.05) is 206 Å². The SMILES string of the molecule is CCCCCCCCCCCCCCCCCCO[C@@H]1[C@@H](N)[C@@H](O[C@H]2[C@H](O)[C@@H](OCCCCCCCCCCCCCCCCCC)[C@H](N)C[C@@H]2N)O[C@H](CN)[C@H]1O.O=C(O)C(F)(F)F.O=C(O)C(F)(F)F.O=C(O)C(F)(F)F.O=C(O)C(F)(F)F. The maximum Gasteiger partial charge on any atom is 0.490 e. The predicted octanol–water partition coefficient (Wildman–Crippen LogP) is 12.0. The summed E-state index contributed by atoms with van der Waals surface area (Å²) in [7, 11) is 0. The van der Waals surface area contributed by atoms with Crippen LogP contribution in [0.5, 0.6) is 0 Å². The number of ether oxygens (including phenoxy) is 4. The van der Waals surface area contributed by atoms with Crippen LogP contribution in [-0.2, 0) is 38.1 Å². The van der Waals surface area contributed by atoms with Gasteiger partial charge in [-0.05, 0) is 19.3 Å². The summed E-state index contributed by atoms with van der Waals surface area (Å²) in [6, 6.07) is -1.71. The zero-order chi connectivity index (χ0) is 66.4. The first-order valence-electron chi connectivity index (χ1n) is 30.2. The summed E-state index contributed by atoms with van der Waals surface area (Å²) >= 11 is 0. The maximum atomic E-state index is 11.4. The van der Waals surface area contributed by atoms with Crippen molar-refractivity contribution in [2.24, 2.45) is 22.9 Å². The number of hydrogen-bond donors (Lipinski definition) is 10. The van der Waals surface area contributed by atoms with Crippen molar-refractivity contribution in [1.82, 2.24) is 0 Å². The summed E-state index contributed by atoms with van der Waals surface area (Å²) in [5.74, 6) is -11.0. The van der Waals surface area contributed by atoms with E-state index in [1.165, 1.54) is 180 Å². The van der Waals surface area contributed by atoms with E-state index in [1.807, 2.05) is 0 Å². The molecule has 0 aromatic heterocycles.